The summed E-state index contributed by atoms with van der Waals surface area (Å²) in [5.74, 6) is 0. The van der Waals surface area contributed by atoms with Crippen LogP contribution in [-0.2, 0) is 0 Å². The van der Waals surface area contributed by atoms with Crippen LogP contribution in [0.1, 0.15) is 26.7 Å². The van der Waals surface area contributed by atoms with Crippen molar-refractivity contribution in [2.45, 2.75) is 26.7 Å². The summed E-state index contributed by atoms with van der Waals surface area (Å²) >= 11 is 3.29. The van der Waals surface area contributed by atoms with E-state index >= 15 is 0 Å². The van der Waals surface area contributed by atoms with Crippen LogP contribution in [0.4, 0.5) is 0 Å². The van der Waals surface area contributed by atoms with Gasteiger partial charge in [-0.15, -0.1) is 0 Å². The quantitative estimate of drug-likeness (QED) is 0.487. The Hall–Kier alpha value is -0.300. The highest BCUT2D eigenvalue weighted by Gasteiger charge is 1.93. The van der Waals surface area contributed by atoms with Gasteiger partial charge in [0.2, 0.25) is 0 Å². The van der Waals surface area contributed by atoms with Crippen LogP contribution in [0.5, 0.6) is 0 Å². The molecule has 62 valence electrons. The molecule has 0 saturated heterocycles. The van der Waals surface area contributed by atoms with Gasteiger partial charge in [-0.1, -0.05) is 40.7 Å². The summed E-state index contributed by atoms with van der Waals surface area (Å²) < 4.78 is 0.916. The summed E-state index contributed by atoms with van der Waals surface area (Å²) in [4.78, 5) is 0. The molecular weight excluding hydrogens is 200 g/mol. The summed E-state index contributed by atoms with van der Waals surface area (Å²) in [6, 6.07) is 0. The van der Waals surface area contributed by atoms with E-state index in [9.17, 15) is 0 Å². The molecule has 1 heteroatoms. The maximum atomic E-state index is 3.88. The van der Waals surface area contributed by atoms with Gasteiger partial charge in [0.05, 0.1) is 0 Å². The minimum Gasteiger partial charge on any atom is -0.0947 e. The molecular formula is C10H15Br. The van der Waals surface area contributed by atoms with Crippen LogP contribution in [0.25, 0.3) is 0 Å². The fourth-order valence-electron chi connectivity index (χ4n) is 0.671. The molecule has 0 unspecified atom stereocenters. The lowest BCUT2D eigenvalue weighted by Crippen LogP contribution is -1.78. The molecule has 0 aromatic heterocycles. The second-order valence-electron chi connectivity index (χ2n) is 2.83. The fourth-order valence-corrected chi connectivity index (χ4v) is 0.869. The van der Waals surface area contributed by atoms with Crippen molar-refractivity contribution in [2.24, 2.45) is 0 Å². The standard InChI is InChI=1S/C10H15Br/c1-8(2)6-5-7-9(3)10(4)11/h6H,3-5,7H2,1-2H3. The summed E-state index contributed by atoms with van der Waals surface area (Å²) in [7, 11) is 0. The Morgan fingerprint density at radius 3 is 2.27 bits per heavy atom. The first-order valence-corrected chi connectivity index (χ1v) is 4.49. The van der Waals surface area contributed by atoms with E-state index in [1.165, 1.54) is 5.57 Å². The third-order valence-electron chi connectivity index (χ3n) is 1.38. The topological polar surface area (TPSA) is 0 Å². The Morgan fingerprint density at radius 1 is 1.36 bits per heavy atom. The molecule has 0 bridgehead atoms. The Kier molecular flexibility index (Phi) is 5.22. The van der Waals surface area contributed by atoms with Crippen molar-refractivity contribution in [1.82, 2.24) is 0 Å². The van der Waals surface area contributed by atoms with E-state index in [4.69, 9.17) is 0 Å². The van der Waals surface area contributed by atoms with Gasteiger partial charge in [-0.25, -0.2) is 0 Å². The first-order valence-electron chi connectivity index (χ1n) is 3.70. The van der Waals surface area contributed by atoms with Crippen LogP contribution < -0.4 is 0 Å². The Labute approximate surface area is 77.8 Å². The van der Waals surface area contributed by atoms with Crippen molar-refractivity contribution >= 4 is 15.9 Å². The van der Waals surface area contributed by atoms with E-state index < -0.39 is 0 Å². The molecule has 0 rings (SSSR count). The van der Waals surface area contributed by atoms with Crippen LogP contribution in [0, 0.1) is 0 Å². The SMILES string of the molecule is C=C(Br)C(=C)CCC=C(C)C. The number of allylic oxidation sites excluding steroid dienone is 4. The molecule has 0 nitrogen and oxygen atoms in total. The minimum absolute atomic E-state index is 0.916. The zero-order valence-corrected chi connectivity index (χ0v) is 8.87. The van der Waals surface area contributed by atoms with Gasteiger partial charge in [-0.2, -0.15) is 0 Å². The predicted octanol–water partition coefficient (Wildman–Crippen LogP) is 4.20. The maximum Gasteiger partial charge on any atom is 0.0129 e. The molecule has 0 amide bonds. The highest BCUT2D eigenvalue weighted by atomic mass is 79.9. The number of hydrogen-bond donors (Lipinski definition) is 0. The molecule has 11 heavy (non-hydrogen) atoms. The molecule has 0 aromatic rings. The third-order valence-corrected chi connectivity index (χ3v) is 1.94. The van der Waals surface area contributed by atoms with Crippen molar-refractivity contribution in [3.05, 3.63) is 34.9 Å². The maximum absolute atomic E-state index is 3.88. The second-order valence-corrected chi connectivity index (χ2v) is 3.79. The second kappa shape index (κ2) is 5.36. The van der Waals surface area contributed by atoms with Gasteiger partial charge in [-0.3, -0.25) is 0 Å². The molecule has 0 atom stereocenters. The van der Waals surface area contributed by atoms with E-state index in [2.05, 4.69) is 49.0 Å². The minimum atomic E-state index is 0.916. The molecule has 0 N–H and O–H groups in total. The highest BCUT2D eigenvalue weighted by molar-refractivity contribution is 9.11. The average Bonchev–Trinajstić information content (AvgIpc) is 1.86. The van der Waals surface area contributed by atoms with Gasteiger partial charge in [-0.05, 0) is 32.3 Å². The Morgan fingerprint density at radius 2 is 1.91 bits per heavy atom. The summed E-state index contributed by atoms with van der Waals surface area (Å²) in [6.07, 6.45) is 4.27. The van der Waals surface area contributed by atoms with E-state index in [-0.39, 0.29) is 0 Å². The van der Waals surface area contributed by atoms with Crippen LogP contribution in [0.2, 0.25) is 0 Å². The predicted molar refractivity (Wildman–Crippen MR) is 55.9 cm³/mol. The van der Waals surface area contributed by atoms with Crippen molar-refractivity contribution in [1.29, 1.82) is 0 Å². The molecule has 0 aromatic carbocycles. The first-order chi connectivity index (χ1) is 5.04. The molecule has 0 saturated carbocycles. The van der Waals surface area contributed by atoms with Gasteiger partial charge < -0.3 is 0 Å². The Bertz CT molecular complexity index is 183. The zero-order valence-electron chi connectivity index (χ0n) is 7.28. The van der Waals surface area contributed by atoms with Crippen molar-refractivity contribution in [3.8, 4) is 0 Å². The summed E-state index contributed by atoms with van der Waals surface area (Å²) in [5, 5.41) is 0. The summed E-state index contributed by atoms with van der Waals surface area (Å²) in [6.45, 7) is 11.8. The van der Waals surface area contributed by atoms with Crippen LogP contribution in [-0.4, -0.2) is 0 Å². The molecule has 0 aliphatic carbocycles. The van der Waals surface area contributed by atoms with Gasteiger partial charge in [0, 0.05) is 4.48 Å². The lowest BCUT2D eigenvalue weighted by Gasteiger charge is -1.99. The van der Waals surface area contributed by atoms with Gasteiger partial charge >= 0.3 is 0 Å². The molecule has 0 aliphatic rings. The molecule has 0 fully saturated rings. The third kappa shape index (κ3) is 6.11. The van der Waals surface area contributed by atoms with Gasteiger partial charge in [0.15, 0.2) is 0 Å². The van der Waals surface area contributed by atoms with Crippen LogP contribution >= 0.6 is 15.9 Å². The van der Waals surface area contributed by atoms with Crippen LogP contribution in [0.3, 0.4) is 0 Å². The molecule has 0 aliphatic heterocycles. The van der Waals surface area contributed by atoms with E-state index in [0.717, 1.165) is 22.9 Å². The zero-order chi connectivity index (χ0) is 8.85. The number of rotatable bonds is 4. The van der Waals surface area contributed by atoms with Gasteiger partial charge in [0.1, 0.15) is 0 Å². The highest BCUT2D eigenvalue weighted by Crippen LogP contribution is 2.17. The molecule has 0 radical (unpaired) electrons. The van der Waals surface area contributed by atoms with Gasteiger partial charge in [0.25, 0.3) is 0 Å². The lowest BCUT2D eigenvalue weighted by molar-refractivity contribution is 0.997. The monoisotopic (exact) mass is 214 g/mol. The van der Waals surface area contributed by atoms with E-state index in [1.807, 2.05) is 0 Å². The van der Waals surface area contributed by atoms with Crippen molar-refractivity contribution in [2.75, 3.05) is 0 Å². The van der Waals surface area contributed by atoms with Crippen LogP contribution in [0.15, 0.2) is 34.9 Å². The number of hydrogen-bond acceptors (Lipinski definition) is 0. The first kappa shape index (κ1) is 10.7. The largest absolute Gasteiger partial charge is 0.0947 e. The smallest absolute Gasteiger partial charge is 0.0129 e. The van der Waals surface area contributed by atoms with E-state index in [0.29, 0.717) is 0 Å². The fraction of sp³-hybridized carbons (Fsp3) is 0.400. The lowest BCUT2D eigenvalue weighted by atomic mass is 10.1. The normalized spacial score (nSPS) is 9.00. The van der Waals surface area contributed by atoms with E-state index in [1.54, 1.807) is 0 Å². The average molecular weight is 215 g/mol. The molecule has 0 spiro atoms. The van der Waals surface area contributed by atoms with Crippen molar-refractivity contribution < 1.29 is 0 Å². The molecule has 0 heterocycles. The number of halogens is 1. The van der Waals surface area contributed by atoms with Crippen molar-refractivity contribution in [3.63, 3.8) is 0 Å². The summed E-state index contributed by atoms with van der Waals surface area (Å²) in [5.41, 5.74) is 2.44. The Balaban J connectivity index is 3.64.